The lowest BCUT2D eigenvalue weighted by atomic mass is 10.3. The van der Waals surface area contributed by atoms with Crippen molar-refractivity contribution in [2.75, 3.05) is 5.32 Å². The number of aryl methyl sites for hydroxylation is 1. The summed E-state index contributed by atoms with van der Waals surface area (Å²) >= 11 is 12.0. The van der Waals surface area contributed by atoms with Crippen LogP contribution in [0.25, 0.3) is 0 Å². The van der Waals surface area contributed by atoms with Gasteiger partial charge in [0.25, 0.3) is 0 Å². The number of anilines is 2. The van der Waals surface area contributed by atoms with Gasteiger partial charge in [0.2, 0.25) is 5.95 Å². The van der Waals surface area contributed by atoms with Crippen LogP contribution < -0.4 is 5.32 Å². The number of halogens is 2. The van der Waals surface area contributed by atoms with Crippen molar-refractivity contribution in [1.82, 2.24) is 9.55 Å². The van der Waals surface area contributed by atoms with Crippen LogP contribution in [0.15, 0.2) is 30.6 Å². The molecular weight excluding hydrogens is 269 g/mol. The minimum Gasteiger partial charge on any atom is -0.324 e. The second-order valence-electron chi connectivity index (χ2n) is 4.05. The zero-order valence-corrected chi connectivity index (χ0v) is 11.7. The van der Waals surface area contributed by atoms with Crippen molar-refractivity contribution in [3.05, 3.63) is 40.6 Å². The highest BCUT2D eigenvalue weighted by atomic mass is 35.5. The van der Waals surface area contributed by atoms with Gasteiger partial charge >= 0.3 is 0 Å². The van der Waals surface area contributed by atoms with Crippen molar-refractivity contribution in [3.63, 3.8) is 0 Å². The SMILES string of the molecule is CCCCn1ccnc1Nc1ccc(Cl)cc1Cl. The smallest absolute Gasteiger partial charge is 0.207 e. The maximum atomic E-state index is 6.12. The van der Waals surface area contributed by atoms with Gasteiger partial charge in [-0.1, -0.05) is 36.5 Å². The molecule has 0 saturated carbocycles. The summed E-state index contributed by atoms with van der Waals surface area (Å²) in [5.74, 6) is 0.799. The van der Waals surface area contributed by atoms with Crippen LogP contribution >= 0.6 is 23.2 Å². The van der Waals surface area contributed by atoms with Crippen LogP contribution in [0.3, 0.4) is 0 Å². The Bertz CT molecular complexity index is 523. The van der Waals surface area contributed by atoms with Gasteiger partial charge in [0.1, 0.15) is 0 Å². The predicted molar refractivity (Wildman–Crippen MR) is 76.9 cm³/mol. The van der Waals surface area contributed by atoms with E-state index in [1.807, 2.05) is 12.3 Å². The van der Waals surface area contributed by atoms with Gasteiger partial charge in [-0.25, -0.2) is 4.98 Å². The highest BCUT2D eigenvalue weighted by Gasteiger charge is 2.06. The van der Waals surface area contributed by atoms with E-state index in [4.69, 9.17) is 23.2 Å². The molecule has 18 heavy (non-hydrogen) atoms. The second kappa shape index (κ2) is 6.12. The number of aromatic nitrogens is 2. The molecule has 0 bridgehead atoms. The fourth-order valence-electron chi connectivity index (χ4n) is 1.65. The standard InChI is InChI=1S/C13H15Cl2N3/c1-2-3-7-18-8-6-16-13(18)17-12-5-4-10(14)9-11(12)15/h4-6,8-9H,2-3,7H2,1H3,(H,16,17). The lowest BCUT2D eigenvalue weighted by Crippen LogP contribution is -2.03. The molecule has 0 radical (unpaired) electrons. The molecule has 0 aliphatic heterocycles. The fraction of sp³-hybridized carbons (Fsp3) is 0.308. The molecule has 2 rings (SSSR count). The monoisotopic (exact) mass is 283 g/mol. The number of imidazole rings is 1. The molecule has 0 atom stereocenters. The van der Waals surface area contributed by atoms with Crippen LogP contribution in [-0.2, 0) is 6.54 Å². The lowest BCUT2D eigenvalue weighted by molar-refractivity contribution is 0.638. The van der Waals surface area contributed by atoms with Gasteiger partial charge < -0.3 is 9.88 Å². The van der Waals surface area contributed by atoms with Gasteiger partial charge in [0, 0.05) is 24.0 Å². The van der Waals surface area contributed by atoms with E-state index in [9.17, 15) is 0 Å². The third-order valence-electron chi connectivity index (χ3n) is 2.65. The summed E-state index contributed by atoms with van der Waals surface area (Å²) in [5.41, 5.74) is 0.810. The molecule has 96 valence electrons. The van der Waals surface area contributed by atoms with Crippen LogP contribution in [0.4, 0.5) is 11.6 Å². The minimum atomic E-state index is 0.590. The summed E-state index contributed by atoms with van der Waals surface area (Å²) in [6, 6.07) is 5.36. The van der Waals surface area contributed by atoms with Crippen molar-refractivity contribution in [1.29, 1.82) is 0 Å². The molecule has 0 unspecified atom stereocenters. The normalized spacial score (nSPS) is 10.6. The van der Waals surface area contributed by atoms with Crippen LogP contribution in [0, 0.1) is 0 Å². The van der Waals surface area contributed by atoms with Gasteiger partial charge in [-0.3, -0.25) is 0 Å². The number of benzene rings is 1. The number of hydrogen-bond acceptors (Lipinski definition) is 2. The second-order valence-corrected chi connectivity index (χ2v) is 4.89. The molecule has 0 amide bonds. The van der Waals surface area contributed by atoms with Crippen molar-refractivity contribution in [2.24, 2.45) is 0 Å². The van der Waals surface area contributed by atoms with Crippen LogP contribution in [0.1, 0.15) is 19.8 Å². The third-order valence-corrected chi connectivity index (χ3v) is 3.19. The Morgan fingerprint density at radius 2 is 2.17 bits per heavy atom. The molecule has 5 heteroatoms. The van der Waals surface area contributed by atoms with Crippen molar-refractivity contribution in [2.45, 2.75) is 26.3 Å². The van der Waals surface area contributed by atoms with E-state index in [1.54, 1.807) is 18.3 Å². The fourth-order valence-corrected chi connectivity index (χ4v) is 2.11. The minimum absolute atomic E-state index is 0.590. The van der Waals surface area contributed by atoms with Crippen LogP contribution in [0.5, 0.6) is 0 Å². The number of nitrogens with one attached hydrogen (secondary N) is 1. The Morgan fingerprint density at radius 1 is 1.33 bits per heavy atom. The molecule has 0 aliphatic rings. The topological polar surface area (TPSA) is 29.9 Å². The van der Waals surface area contributed by atoms with E-state index in [0.717, 1.165) is 31.0 Å². The summed E-state index contributed by atoms with van der Waals surface area (Å²) in [5, 5.41) is 4.43. The Balaban J connectivity index is 2.15. The highest BCUT2D eigenvalue weighted by molar-refractivity contribution is 6.36. The summed E-state index contributed by atoms with van der Waals surface area (Å²) in [6.45, 7) is 3.12. The number of nitrogens with zero attached hydrogens (tertiary/aromatic N) is 2. The first-order chi connectivity index (χ1) is 8.70. The zero-order chi connectivity index (χ0) is 13.0. The number of rotatable bonds is 5. The molecule has 0 fully saturated rings. The van der Waals surface area contributed by atoms with E-state index in [1.165, 1.54) is 0 Å². The Kier molecular flexibility index (Phi) is 4.50. The van der Waals surface area contributed by atoms with Crippen LogP contribution in [-0.4, -0.2) is 9.55 Å². The van der Waals surface area contributed by atoms with Crippen molar-refractivity contribution < 1.29 is 0 Å². The van der Waals surface area contributed by atoms with Crippen molar-refractivity contribution >= 4 is 34.8 Å². The number of hydrogen-bond donors (Lipinski definition) is 1. The maximum absolute atomic E-state index is 6.12. The Hall–Kier alpha value is -1.19. The van der Waals surface area contributed by atoms with Gasteiger partial charge in [0.05, 0.1) is 10.7 Å². The third kappa shape index (κ3) is 3.18. The molecule has 2 aromatic rings. The summed E-state index contributed by atoms with van der Waals surface area (Å²) in [7, 11) is 0. The number of unbranched alkanes of at least 4 members (excludes halogenated alkanes) is 1. The van der Waals surface area contributed by atoms with E-state index in [0.29, 0.717) is 10.0 Å². The maximum Gasteiger partial charge on any atom is 0.207 e. The molecule has 3 nitrogen and oxygen atoms in total. The Morgan fingerprint density at radius 3 is 2.89 bits per heavy atom. The van der Waals surface area contributed by atoms with E-state index >= 15 is 0 Å². The average molecular weight is 284 g/mol. The molecule has 0 aliphatic carbocycles. The van der Waals surface area contributed by atoms with Gasteiger partial charge in [-0.15, -0.1) is 0 Å². The molecule has 0 spiro atoms. The molecular formula is C13H15Cl2N3. The van der Waals surface area contributed by atoms with Gasteiger partial charge in [0.15, 0.2) is 0 Å². The summed E-state index contributed by atoms with van der Waals surface area (Å²) in [6.07, 6.45) is 6.02. The quantitative estimate of drug-likeness (QED) is 0.859. The molecule has 1 aromatic heterocycles. The van der Waals surface area contributed by atoms with Gasteiger partial charge in [-0.2, -0.15) is 0 Å². The van der Waals surface area contributed by atoms with Crippen LogP contribution in [0.2, 0.25) is 10.0 Å². The molecule has 1 heterocycles. The van der Waals surface area contributed by atoms with E-state index < -0.39 is 0 Å². The predicted octanol–water partition coefficient (Wildman–Crippen LogP) is 4.73. The Labute approximate surface area is 117 Å². The zero-order valence-electron chi connectivity index (χ0n) is 10.2. The van der Waals surface area contributed by atoms with E-state index in [-0.39, 0.29) is 0 Å². The largest absolute Gasteiger partial charge is 0.324 e. The first-order valence-corrected chi connectivity index (χ1v) is 6.69. The molecule has 1 N–H and O–H groups in total. The highest BCUT2D eigenvalue weighted by Crippen LogP contribution is 2.27. The van der Waals surface area contributed by atoms with Gasteiger partial charge in [-0.05, 0) is 24.6 Å². The molecule has 0 saturated heterocycles. The summed E-state index contributed by atoms with van der Waals surface area (Å²) in [4.78, 5) is 4.29. The first kappa shape index (κ1) is 13.2. The molecule has 1 aromatic carbocycles. The summed E-state index contributed by atoms with van der Waals surface area (Å²) < 4.78 is 2.08. The first-order valence-electron chi connectivity index (χ1n) is 5.94. The average Bonchev–Trinajstić information content (AvgIpc) is 2.77. The van der Waals surface area contributed by atoms with E-state index in [2.05, 4.69) is 21.8 Å². The van der Waals surface area contributed by atoms with Crippen molar-refractivity contribution in [3.8, 4) is 0 Å². The lowest BCUT2D eigenvalue weighted by Gasteiger charge is -2.10.